The van der Waals surface area contributed by atoms with E-state index in [1.165, 1.54) is 0 Å². The van der Waals surface area contributed by atoms with Crippen LogP contribution in [-0.4, -0.2) is 34.0 Å². The molecule has 90 valence electrons. The first-order valence-electron chi connectivity index (χ1n) is 6.16. The Balaban J connectivity index is 2.20. The van der Waals surface area contributed by atoms with E-state index >= 15 is 0 Å². The zero-order valence-corrected chi connectivity index (χ0v) is 9.69. The fraction of sp³-hybridized carbons (Fsp3) is 0.833. The maximum Gasteiger partial charge on any atom is 0.326 e. The van der Waals surface area contributed by atoms with Gasteiger partial charge in [-0.15, -0.1) is 0 Å². The molecule has 2 fully saturated rings. The van der Waals surface area contributed by atoms with E-state index in [2.05, 4.69) is 0 Å². The molecule has 0 aromatic heterocycles. The van der Waals surface area contributed by atoms with Gasteiger partial charge < -0.3 is 10.0 Å². The minimum Gasteiger partial charge on any atom is -0.480 e. The molecule has 0 radical (unpaired) electrons. The van der Waals surface area contributed by atoms with Gasteiger partial charge >= 0.3 is 5.97 Å². The van der Waals surface area contributed by atoms with Crippen molar-refractivity contribution in [1.29, 1.82) is 0 Å². The van der Waals surface area contributed by atoms with Crippen LogP contribution in [-0.2, 0) is 9.59 Å². The molecule has 2 saturated heterocycles. The Morgan fingerprint density at radius 1 is 1.25 bits per heavy atom. The predicted molar refractivity (Wildman–Crippen MR) is 58.9 cm³/mol. The van der Waals surface area contributed by atoms with Crippen LogP contribution in [0.5, 0.6) is 0 Å². The molecule has 16 heavy (non-hydrogen) atoms. The molecule has 0 aromatic carbocycles. The average molecular weight is 225 g/mol. The number of rotatable bonds is 1. The Morgan fingerprint density at radius 2 is 1.94 bits per heavy atom. The highest BCUT2D eigenvalue weighted by Gasteiger charge is 2.42. The number of fused-ring (bicyclic) bond motifs is 1. The summed E-state index contributed by atoms with van der Waals surface area (Å²) in [6.45, 7) is 1.92. The lowest BCUT2D eigenvalue weighted by molar-refractivity contribution is -0.151. The first-order chi connectivity index (χ1) is 7.61. The van der Waals surface area contributed by atoms with Crippen molar-refractivity contribution in [1.82, 2.24) is 4.90 Å². The lowest BCUT2D eigenvalue weighted by Crippen LogP contribution is -2.47. The second-order valence-corrected chi connectivity index (χ2v) is 5.02. The molecule has 0 saturated carbocycles. The number of hydrogen-bond donors (Lipinski definition) is 1. The highest BCUT2D eigenvalue weighted by molar-refractivity contribution is 5.85. The second kappa shape index (κ2) is 4.44. The first-order valence-corrected chi connectivity index (χ1v) is 6.16. The van der Waals surface area contributed by atoms with Crippen molar-refractivity contribution in [2.24, 2.45) is 5.92 Å². The van der Waals surface area contributed by atoms with Gasteiger partial charge in [0.05, 0.1) is 0 Å². The third kappa shape index (κ3) is 1.93. The van der Waals surface area contributed by atoms with Crippen molar-refractivity contribution in [3.05, 3.63) is 0 Å². The Labute approximate surface area is 95.6 Å². The van der Waals surface area contributed by atoms with Crippen molar-refractivity contribution in [3.63, 3.8) is 0 Å². The molecule has 0 bridgehead atoms. The van der Waals surface area contributed by atoms with Gasteiger partial charge in [-0.2, -0.15) is 0 Å². The predicted octanol–water partition coefficient (Wildman–Crippen LogP) is 1.64. The third-order valence-corrected chi connectivity index (χ3v) is 3.89. The topological polar surface area (TPSA) is 57.6 Å². The lowest BCUT2D eigenvalue weighted by atomic mass is 9.95. The Morgan fingerprint density at radius 3 is 2.62 bits per heavy atom. The second-order valence-electron chi connectivity index (χ2n) is 5.02. The zero-order chi connectivity index (χ0) is 11.7. The van der Waals surface area contributed by atoms with E-state index in [4.69, 9.17) is 5.11 Å². The number of carboxylic acid groups (broad SMARTS) is 1. The number of hydrogen-bond acceptors (Lipinski definition) is 2. The molecule has 3 atom stereocenters. The number of carbonyl (C=O) groups excluding carboxylic acids is 1. The van der Waals surface area contributed by atoms with Crippen LogP contribution in [0.15, 0.2) is 0 Å². The van der Waals surface area contributed by atoms with Crippen molar-refractivity contribution in [2.45, 2.75) is 57.5 Å². The molecule has 0 unspecified atom stereocenters. The number of aliphatic carboxylic acids is 1. The molecule has 1 amide bonds. The van der Waals surface area contributed by atoms with E-state index in [1.807, 2.05) is 6.92 Å². The zero-order valence-electron chi connectivity index (χ0n) is 9.69. The first kappa shape index (κ1) is 11.4. The fourth-order valence-corrected chi connectivity index (χ4v) is 2.95. The maximum atomic E-state index is 12.2. The van der Waals surface area contributed by atoms with E-state index in [0.29, 0.717) is 6.42 Å². The van der Waals surface area contributed by atoms with E-state index in [1.54, 1.807) is 4.90 Å². The molecule has 2 heterocycles. The van der Waals surface area contributed by atoms with Gasteiger partial charge in [-0.3, -0.25) is 4.79 Å². The van der Waals surface area contributed by atoms with E-state index < -0.39 is 12.0 Å². The van der Waals surface area contributed by atoms with Gasteiger partial charge in [-0.1, -0.05) is 19.8 Å². The summed E-state index contributed by atoms with van der Waals surface area (Å²) in [6.07, 6.45) is 5.56. The summed E-state index contributed by atoms with van der Waals surface area (Å²) in [5.74, 6) is -0.805. The molecule has 2 rings (SSSR count). The summed E-state index contributed by atoms with van der Waals surface area (Å²) < 4.78 is 0. The molecule has 4 nitrogen and oxygen atoms in total. The van der Waals surface area contributed by atoms with Gasteiger partial charge in [0.25, 0.3) is 0 Å². The standard InChI is InChI=1S/C12H19NO3/c1-8-4-2-3-5-9-6-7-10(12(15)16)13(9)11(8)14/h8-10H,2-7H2,1H3,(H,15,16)/t8-,9-,10-/m0/s1. The van der Waals surface area contributed by atoms with Gasteiger partial charge in [-0.25, -0.2) is 4.79 Å². The van der Waals surface area contributed by atoms with Gasteiger partial charge in [-0.05, 0) is 25.7 Å². The summed E-state index contributed by atoms with van der Waals surface area (Å²) in [5.41, 5.74) is 0. The van der Waals surface area contributed by atoms with Crippen molar-refractivity contribution in [3.8, 4) is 0 Å². The summed E-state index contributed by atoms with van der Waals surface area (Å²) in [7, 11) is 0. The normalized spacial score (nSPS) is 35.4. The Kier molecular flexibility index (Phi) is 3.17. The minimum absolute atomic E-state index is 0.0113. The highest BCUT2D eigenvalue weighted by Crippen LogP contribution is 2.32. The summed E-state index contributed by atoms with van der Waals surface area (Å²) in [4.78, 5) is 24.9. The van der Waals surface area contributed by atoms with Crippen molar-refractivity contribution >= 4 is 11.9 Å². The lowest BCUT2D eigenvalue weighted by Gasteiger charge is -2.32. The summed E-state index contributed by atoms with van der Waals surface area (Å²) in [6, 6.07) is -0.394. The largest absolute Gasteiger partial charge is 0.480 e. The molecule has 0 aromatic rings. The maximum absolute atomic E-state index is 12.2. The number of nitrogens with zero attached hydrogens (tertiary/aromatic N) is 1. The van der Waals surface area contributed by atoms with Crippen molar-refractivity contribution < 1.29 is 14.7 Å². The van der Waals surface area contributed by atoms with Crippen LogP contribution in [0.4, 0.5) is 0 Å². The SMILES string of the molecule is C[C@H]1CCCC[C@H]2CC[C@@H](C(=O)O)N2C1=O. The quantitative estimate of drug-likeness (QED) is 0.738. The molecule has 4 heteroatoms. The summed E-state index contributed by atoms with van der Waals surface area (Å²) >= 11 is 0. The molecule has 2 aliphatic heterocycles. The van der Waals surface area contributed by atoms with Crippen LogP contribution < -0.4 is 0 Å². The van der Waals surface area contributed by atoms with Crippen LogP contribution in [0.1, 0.15) is 45.4 Å². The molecular formula is C12H19NO3. The molecule has 0 aliphatic carbocycles. The third-order valence-electron chi connectivity index (χ3n) is 3.89. The molecule has 1 N–H and O–H groups in total. The van der Waals surface area contributed by atoms with Gasteiger partial charge in [0.2, 0.25) is 5.91 Å². The molecular weight excluding hydrogens is 206 g/mol. The van der Waals surface area contributed by atoms with E-state index in [-0.39, 0.29) is 17.9 Å². The fourth-order valence-electron chi connectivity index (χ4n) is 2.95. The van der Waals surface area contributed by atoms with Gasteiger partial charge in [0, 0.05) is 12.0 Å². The van der Waals surface area contributed by atoms with Crippen molar-refractivity contribution in [2.75, 3.05) is 0 Å². The summed E-state index contributed by atoms with van der Waals surface area (Å²) in [5, 5.41) is 9.12. The van der Waals surface area contributed by atoms with Crippen LogP contribution >= 0.6 is 0 Å². The van der Waals surface area contributed by atoms with Crippen LogP contribution in [0, 0.1) is 5.92 Å². The van der Waals surface area contributed by atoms with E-state index in [0.717, 1.165) is 32.1 Å². The smallest absolute Gasteiger partial charge is 0.326 e. The highest BCUT2D eigenvalue weighted by atomic mass is 16.4. The molecule has 0 spiro atoms. The Hall–Kier alpha value is -1.06. The van der Waals surface area contributed by atoms with Gasteiger partial charge in [0.15, 0.2) is 0 Å². The van der Waals surface area contributed by atoms with Crippen LogP contribution in [0.2, 0.25) is 0 Å². The van der Waals surface area contributed by atoms with Crippen LogP contribution in [0.3, 0.4) is 0 Å². The average Bonchev–Trinajstić information content (AvgIpc) is 2.64. The number of carbonyl (C=O) groups is 2. The van der Waals surface area contributed by atoms with E-state index in [9.17, 15) is 9.59 Å². The monoisotopic (exact) mass is 225 g/mol. The van der Waals surface area contributed by atoms with Gasteiger partial charge in [0.1, 0.15) is 6.04 Å². The van der Waals surface area contributed by atoms with Crippen LogP contribution in [0.25, 0.3) is 0 Å². The Bertz CT molecular complexity index is 303. The number of carboxylic acids is 1. The molecule has 2 aliphatic rings. The minimum atomic E-state index is -0.844. The number of amides is 1.